The van der Waals surface area contributed by atoms with Crippen molar-refractivity contribution in [1.29, 1.82) is 0 Å². The average molecular weight is 393 g/mol. The maximum absolute atomic E-state index is 12.4. The van der Waals surface area contributed by atoms with Crippen molar-refractivity contribution in [3.63, 3.8) is 0 Å². The lowest BCUT2D eigenvalue weighted by Gasteiger charge is -2.38. The van der Waals surface area contributed by atoms with Gasteiger partial charge in [-0.1, -0.05) is 30.3 Å². The highest BCUT2D eigenvalue weighted by molar-refractivity contribution is 5.94. The second kappa shape index (κ2) is 8.31. The van der Waals surface area contributed by atoms with Crippen LogP contribution in [0.2, 0.25) is 0 Å². The second-order valence-electron chi connectivity index (χ2n) is 8.05. The summed E-state index contributed by atoms with van der Waals surface area (Å²) in [6.45, 7) is 7.68. The summed E-state index contributed by atoms with van der Waals surface area (Å²) in [4.78, 5) is 17.2. The van der Waals surface area contributed by atoms with Crippen LogP contribution in [-0.4, -0.2) is 63.0 Å². The van der Waals surface area contributed by atoms with Gasteiger partial charge in [0.05, 0.1) is 11.6 Å². The topological polar surface area (TPSA) is 65.8 Å². The van der Waals surface area contributed by atoms with E-state index in [0.29, 0.717) is 5.56 Å². The number of nitrogens with one attached hydrogen (secondary N) is 1. The van der Waals surface area contributed by atoms with Crippen molar-refractivity contribution in [3.05, 3.63) is 65.6 Å². The normalized spacial score (nSPS) is 18.4. The molecule has 0 saturated carbocycles. The first-order chi connectivity index (χ1) is 14.0. The smallest absolute Gasteiger partial charge is 0.252 e. The van der Waals surface area contributed by atoms with Gasteiger partial charge in [0.15, 0.2) is 11.5 Å². The standard InChI is InChI=1S/C22H28N6O/c1-16(2)23-22(29)18-9-10-20-24-25-21(28(20)14-18)19-15-27(12-11-26(19)3)13-17-7-5-4-6-8-17/h4-10,14,16,19H,11-13,15H2,1-3H3,(H,23,29)/t19-/m1/s1. The number of piperazine rings is 1. The summed E-state index contributed by atoms with van der Waals surface area (Å²) >= 11 is 0. The van der Waals surface area contributed by atoms with Crippen molar-refractivity contribution < 1.29 is 4.79 Å². The molecule has 1 atom stereocenters. The predicted molar refractivity (Wildman–Crippen MR) is 113 cm³/mol. The highest BCUT2D eigenvalue weighted by Gasteiger charge is 2.29. The molecule has 29 heavy (non-hydrogen) atoms. The third-order valence-electron chi connectivity index (χ3n) is 5.39. The Labute approximate surface area is 171 Å². The van der Waals surface area contributed by atoms with E-state index in [0.717, 1.165) is 37.7 Å². The first-order valence-electron chi connectivity index (χ1n) is 10.1. The quantitative estimate of drug-likeness (QED) is 0.722. The van der Waals surface area contributed by atoms with Crippen molar-refractivity contribution in [1.82, 2.24) is 29.7 Å². The minimum atomic E-state index is -0.0794. The number of carbonyl (C=O) groups is 1. The number of amides is 1. The molecule has 152 valence electrons. The summed E-state index contributed by atoms with van der Waals surface area (Å²) < 4.78 is 1.96. The van der Waals surface area contributed by atoms with E-state index in [1.165, 1.54) is 5.56 Å². The lowest BCUT2D eigenvalue weighted by Crippen LogP contribution is -2.46. The number of nitrogens with zero attached hydrogens (tertiary/aromatic N) is 5. The van der Waals surface area contributed by atoms with Crippen molar-refractivity contribution in [2.45, 2.75) is 32.5 Å². The highest BCUT2D eigenvalue weighted by atomic mass is 16.1. The van der Waals surface area contributed by atoms with Gasteiger partial charge in [0.2, 0.25) is 0 Å². The molecule has 7 heteroatoms. The molecule has 1 amide bonds. The van der Waals surface area contributed by atoms with Crippen molar-refractivity contribution >= 4 is 11.6 Å². The number of carbonyl (C=O) groups excluding carboxylic acids is 1. The largest absolute Gasteiger partial charge is 0.350 e. The van der Waals surface area contributed by atoms with Crippen molar-refractivity contribution in [2.75, 3.05) is 26.7 Å². The molecule has 1 aliphatic heterocycles. The highest BCUT2D eigenvalue weighted by Crippen LogP contribution is 2.24. The summed E-state index contributed by atoms with van der Waals surface area (Å²) in [5.41, 5.74) is 2.69. The van der Waals surface area contributed by atoms with E-state index in [4.69, 9.17) is 0 Å². The Hall–Kier alpha value is -2.77. The number of rotatable bonds is 5. The summed E-state index contributed by atoms with van der Waals surface area (Å²) in [5.74, 6) is 0.795. The van der Waals surface area contributed by atoms with E-state index >= 15 is 0 Å². The number of pyridine rings is 1. The zero-order valence-electron chi connectivity index (χ0n) is 17.2. The second-order valence-corrected chi connectivity index (χ2v) is 8.05. The van der Waals surface area contributed by atoms with Crippen LogP contribution in [0.5, 0.6) is 0 Å². The van der Waals surface area contributed by atoms with E-state index in [2.05, 4.69) is 56.6 Å². The zero-order chi connectivity index (χ0) is 20.4. The minimum Gasteiger partial charge on any atom is -0.350 e. The number of aromatic nitrogens is 3. The fourth-order valence-corrected chi connectivity index (χ4v) is 3.81. The Bertz CT molecular complexity index is 983. The van der Waals surface area contributed by atoms with Crippen molar-refractivity contribution in [2.24, 2.45) is 0 Å². The Morgan fingerprint density at radius 3 is 2.69 bits per heavy atom. The fourth-order valence-electron chi connectivity index (χ4n) is 3.81. The van der Waals surface area contributed by atoms with Crippen LogP contribution < -0.4 is 5.32 Å². The fraction of sp³-hybridized carbons (Fsp3) is 0.409. The molecule has 0 aliphatic carbocycles. The number of likely N-dealkylation sites (N-methyl/N-ethyl adjacent to an activating group) is 1. The Morgan fingerprint density at radius 2 is 1.93 bits per heavy atom. The molecule has 3 heterocycles. The van der Waals surface area contributed by atoms with Crippen LogP contribution in [0, 0.1) is 0 Å². The van der Waals surface area contributed by atoms with Gasteiger partial charge in [-0.15, -0.1) is 10.2 Å². The van der Waals surface area contributed by atoms with E-state index in [1.807, 2.05) is 36.6 Å². The molecular weight excluding hydrogens is 364 g/mol. The van der Waals surface area contributed by atoms with Gasteiger partial charge < -0.3 is 5.32 Å². The molecule has 1 fully saturated rings. The molecule has 2 aromatic heterocycles. The first-order valence-corrected chi connectivity index (χ1v) is 10.1. The maximum Gasteiger partial charge on any atom is 0.252 e. The number of fused-ring (bicyclic) bond motifs is 1. The maximum atomic E-state index is 12.4. The van der Waals surface area contributed by atoms with Gasteiger partial charge in [-0.05, 0) is 38.6 Å². The number of hydrogen-bond donors (Lipinski definition) is 1. The Kier molecular flexibility index (Phi) is 5.60. The van der Waals surface area contributed by atoms with Gasteiger partial charge in [-0.3, -0.25) is 19.0 Å². The summed E-state index contributed by atoms with van der Waals surface area (Å²) in [6, 6.07) is 14.4. The van der Waals surface area contributed by atoms with Gasteiger partial charge in [-0.25, -0.2) is 0 Å². The van der Waals surface area contributed by atoms with Gasteiger partial charge >= 0.3 is 0 Å². The van der Waals surface area contributed by atoms with Crippen LogP contribution >= 0.6 is 0 Å². The predicted octanol–water partition coefficient (Wildman–Crippen LogP) is 2.36. The van der Waals surface area contributed by atoms with Gasteiger partial charge in [-0.2, -0.15) is 0 Å². The molecule has 1 N–H and O–H groups in total. The summed E-state index contributed by atoms with van der Waals surface area (Å²) in [6.07, 6.45) is 1.85. The van der Waals surface area contributed by atoms with Crippen LogP contribution in [0.3, 0.4) is 0 Å². The molecular formula is C22H28N6O. The van der Waals surface area contributed by atoms with Crippen molar-refractivity contribution in [3.8, 4) is 0 Å². The van der Waals surface area contributed by atoms with Crippen LogP contribution in [0.4, 0.5) is 0 Å². The van der Waals surface area contributed by atoms with Crippen LogP contribution in [0.15, 0.2) is 48.7 Å². The lowest BCUT2D eigenvalue weighted by atomic mass is 10.1. The van der Waals surface area contributed by atoms with Gasteiger partial charge in [0, 0.05) is 38.4 Å². The Balaban J connectivity index is 1.59. The van der Waals surface area contributed by atoms with Crippen LogP contribution in [-0.2, 0) is 6.54 Å². The molecule has 0 radical (unpaired) electrons. The van der Waals surface area contributed by atoms with E-state index in [-0.39, 0.29) is 18.0 Å². The number of benzene rings is 1. The SMILES string of the molecule is CC(C)NC(=O)c1ccc2nnc([C@H]3CN(Cc4ccccc4)CCN3C)n2c1. The Morgan fingerprint density at radius 1 is 1.14 bits per heavy atom. The van der Waals surface area contributed by atoms with Gasteiger partial charge in [0.1, 0.15) is 0 Å². The summed E-state index contributed by atoms with van der Waals surface area (Å²) in [7, 11) is 2.13. The molecule has 1 aromatic carbocycles. The van der Waals surface area contributed by atoms with Gasteiger partial charge in [0.25, 0.3) is 5.91 Å². The average Bonchev–Trinajstić information content (AvgIpc) is 3.13. The molecule has 0 unspecified atom stereocenters. The molecule has 1 saturated heterocycles. The zero-order valence-corrected chi connectivity index (χ0v) is 17.2. The molecule has 4 rings (SSSR count). The first kappa shape index (κ1) is 19.5. The number of hydrogen-bond acceptors (Lipinski definition) is 5. The van der Waals surface area contributed by atoms with Crippen LogP contribution in [0.25, 0.3) is 5.65 Å². The monoisotopic (exact) mass is 392 g/mol. The molecule has 7 nitrogen and oxygen atoms in total. The van der Waals surface area contributed by atoms with E-state index in [1.54, 1.807) is 6.07 Å². The third-order valence-corrected chi connectivity index (χ3v) is 5.39. The minimum absolute atomic E-state index is 0.0794. The molecule has 3 aromatic rings. The third kappa shape index (κ3) is 4.31. The van der Waals surface area contributed by atoms with Crippen LogP contribution in [0.1, 0.15) is 41.6 Å². The van der Waals surface area contributed by atoms with E-state index < -0.39 is 0 Å². The molecule has 0 spiro atoms. The summed E-state index contributed by atoms with van der Waals surface area (Å²) in [5, 5.41) is 11.8. The molecule has 0 bridgehead atoms. The molecule has 1 aliphatic rings. The van der Waals surface area contributed by atoms with E-state index in [9.17, 15) is 4.79 Å². The lowest BCUT2D eigenvalue weighted by molar-refractivity contribution is 0.0852.